The molecule has 0 aliphatic rings. The van der Waals surface area contributed by atoms with Crippen LogP contribution in [0.2, 0.25) is 0 Å². The zero-order valence-electron chi connectivity index (χ0n) is 26.8. The Hall–Kier alpha value is -1.99. The summed E-state index contributed by atoms with van der Waals surface area (Å²) >= 11 is 0. The van der Waals surface area contributed by atoms with Crippen molar-refractivity contribution in [1.82, 2.24) is 0 Å². The highest BCUT2D eigenvalue weighted by Crippen LogP contribution is 2.35. The van der Waals surface area contributed by atoms with Crippen molar-refractivity contribution in [2.75, 3.05) is 13.2 Å². The molecule has 8 nitrogen and oxygen atoms in total. The summed E-state index contributed by atoms with van der Waals surface area (Å²) in [4.78, 5) is 42.4. The number of unbranched alkanes of at least 4 members (excludes halogenated alkanes) is 11. The van der Waals surface area contributed by atoms with Crippen molar-refractivity contribution >= 4 is 19.8 Å². The minimum atomic E-state index is -4.76. The zero-order valence-corrected chi connectivity index (χ0v) is 27.7. The van der Waals surface area contributed by atoms with E-state index in [1.807, 2.05) is 12.2 Å². The molecular formula is C34H59O8P. The Balaban J connectivity index is 4.15. The zero-order chi connectivity index (χ0) is 31.9. The third kappa shape index (κ3) is 32.8. The summed E-state index contributed by atoms with van der Waals surface area (Å²) in [7, 11) is -4.76. The molecule has 248 valence electrons. The molecule has 0 fully saturated rings. The Morgan fingerprint density at radius 1 is 0.628 bits per heavy atom. The van der Waals surface area contributed by atoms with Crippen LogP contribution < -0.4 is 0 Å². The summed E-state index contributed by atoms with van der Waals surface area (Å²) in [5, 5.41) is 0. The van der Waals surface area contributed by atoms with Gasteiger partial charge in [-0.25, -0.2) is 4.57 Å². The normalized spacial score (nSPS) is 13.1. The van der Waals surface area contributed by atoms with Crippen LogP contribution in [-0.4, -0.2) is 41.0 Å². The molecule has 0 aliphatic heterocycles. The van der Waals surface area contributed by atoms with E-state index in [9.17, 15) is 14.2 Å². The molecular weight excluding hydrogens is 567 g/mol. The Morgan fingerprint density at radius 3 is 1.63 bits per heavy atom. The average Bonchev–Trinajstić information content (AvgIpc) is 2.97. The van der Waals surface area contributed by atoms with Gasteiger partial charge in [0.15, 0.2) is 6.10 Å². The Morgan fingerprint density at radius 2 is 1.12 bits per heavy atom. The van der Waals surface area contributed by atoms with Crippen LogP contribution in [0.15, 0.2) is 48.6 Å². The number of ether oxygens (including phenoxy) is 2. The van der Waals surface area contributed by atoms with Crippen LogP contribution in [0.3, 0.4) is 0 Å². The first-order valence-electron chi connectivity index (χ1n) is 16.4. The molecule has 0 rings (SSSR count). The molecule has 43 heavy (non-hydrogen) atoms. The molecule has 0 aromatic rings. The highest BCUT2D eigenvalue weighted by molar-refractivity contribution is 7.46. The van der Waals surface area contributed by atoms with Gasteiger partial charge in [-0.2, -0.15) is 0 Å². The van der Waals surface area contributed by atoms with Gasteiger partial charge >= 0.3 is 19.8 Å². The van der Waals surface area contributed by atoms with Gasteiger partial charge in [-0.15, -0.1) is 0 Å². The number of hydrogen-bond donors (Lipinski definition) is 2. The van der Waals surface area contributed by atoms with E-state index in [-0.39, 0.29) is 19.4 Å². The van der Waals surface area contributed by atoms with Crippen LogP contribution in [0.1, 0.15) is 136 Å². The number of carbonyl (C=O) groups is 2. The first-order chi connectivity index (χ1) is 20.8. The number of rotatable bonds is 29. The molecule has 0 saturated heterocycles. The first-order valence-corrected chi connectivity index (χ1v) is 18.0. The topological polar surface area (TPSA) is 119 Å². The van der Waals surface area contributed by atoms with E-state index < -0.39 is 32.5 Å². The van der Waals surface area contributed by atoms with Crippen LogP contribution in [0.5, 0.6) is 0 Å². The maximum atomic E-state index is 12.2. The molecule has 1 unspecified atom stereocenters. The van der Waals surface area contributed by atoms with Crippen molar-refractivity contribution < 1.29 is 37.9 Å². The van der Waals surface area contributed by atoms with Crippen molar-refractivity contribution in [2.24, 2.45) is 0 Å². The van der Waals surface area contributed by atoms with Crippen molar-refractivity contribution in [1.29, 1.82) is 0 Å². The maximum Gasteiger partial charge on any atom is 0.469 e. The predicted molar refractivity (Wildman–Crippen MR) is 174 cm³/mol. The fourth-order valence-electron chi connectivity index (χ4n) is 4.21. The van der Waals surface area contributed by atoms with E-state index >= 15 is 0 Å². The second kappa shape index (κ2) is 30.1. The summed E-state index contributed by atoms with van der Waals surface area (Å²) in [5.41, 5.74) is 0. The van der Waals surface area contributed by atoms with E-state index in [1.54, 1.807) is 0 Å². The Kier molecular flexibility index (Phi) is 28.7. The number of phosphoric acid groups is 1. The van der Waals surface area contributed by atoms with E-state index in [1.165, 1.54) is 57.8 Å². The van der Waals surface area contributed by atoms with E-state index in [0.29, 0.717) is 12.8 Å². The van der Waals surface area contributed by atoms with Crippen molar-refractivity contribution in [3.05, 3.63) is 48.6 Å². The summed E-state index contributed by atoms with van der Waals surface area (Å²) in [6, 6.07) is 0. The number of allylic oxidation sites excluding steroid dienone is 8. The molecule has 0 amide bonds. The fraction of sp³-hybridized carbons (Fsp3) is 0.706. The van der Waals surface area contributed by atoms with E-state index in [0.717, 1.165) is 38.5 Å². The predicted octanol–water partition coefficient (Wildman–Crippen LogP) is 9.23. The Labute approximate surface area is 261 Å². The number of carbonyl (C=O) groups excluding carboxylic acids is 2. The van der Waals surface area contributed by atoms with Crippen LogP contribution in [0, 0.1) is 0 Å². The molecule has 0 aliphatic carbocycles. The monoisotopic (exact) mass is 626 g/mol. The van der Waals surface area contributed by atoms with E-state index in [2.05, 4.69) is 54.8 Å². The van der Waals surface area contributed by atoms with Gasteiger partial charge in [0.05, 0.1) is 6.61 Å². The minimum absolute atomic E-state index is 0.0907. The molecule has 9 heteroatoms. The smallest absolute Gasteiger partial charge is 0.462 e. The molecule has 1 atom stereocenters. The van der Waals surface area contributed by atoms with Gasteiger partial charge in [0, 0.05) is 12.8 Å². The van der Waals surface area contributed by atoms with Gasteiger partial charge in [0.1, 0.15) is 6.61 Å². The molecule has 0 heterocycles. The lowest BCUT2D eigenvalue weighted by Crippen LogP contribution is -2.29. The van der Waals surface area contributed by atoms with Crippen molar-refractivity contribution in [2.45, 2.75) is 142 Å². The highest BCUT2D eigenvalue weighted by Gasteiger charge is 2.22. The van der Waals surface area contributed by atoms with Gasteiger partial charge in [-0.1, -0.05) is 133 Å². The lowest BCUT2D eigenvalue weighted by atomic mass is 10.0. The third-order valence-corrected chi connectivity index (χ3v) is 7.11. The molecule has 0 aromatic carbocycles. The molecule has 0 spiro atoms. The molecule has 2 N–H and O–H groups in total. The summed E-state index contributed by atoms with van der Waals surface area (Å²) in [6.45, 7) is 3.47. The SMILES string of the molecule is CC/C=C\C/C=C\C/C=C\C/C=C\CCC(=O)OC(COC(=O)CCCCCCCCCCCCCC)COP(=O)(O)O. The van der Waals surface area contributed by atoms with E-state index in [4.69, 9.17) is 19.3 Å². The second-order valence-electron chi connectivity index (χ2n) is 10.8. The lowest BCUT2D eigenvalue weighted by Gasteiger charge is -2.18. The van der Waals surface area contributed by atoms with Crippen LogP contribution >= 0.6 is 7.82 Å². The van der Waals surface area contributed by atoms with Crippen molar-refractivity contribution in [3.63, 3.8) is 0 Å². The maximum absolute atomic E-state index is 12.2. The molecule has 0 aromatic heterocycles. The fourth-order valence-corrected chi connectivity index (χ4v) is 4.57. The Bertz CT molecular complexity index is 843. The average molecular weight is 627 g/mol. The summed E-state index contributed by atoms with van der Waals surface area (Å²) < 4.78 is 26.1. The highest BCUT2D eigenvalue weighted by atomic mass is 31.2. The first kappa shape index (κ1) is 41.0. The quantitative estimate of drug-likeness (QED) is 0.0365. The minimum Gasteiger partial charge on any atom is -0.462 e. The molecule has 0 saturated carbocycles. The van der Waals surface area contributed by atoms with Crippen LogP contribution in [-0.2, 0) is 28.2 Å². The van der Waals surface area contributed by atoms with Gasteiger partial charge < -0.3 is 19.3 Å². The van der Waals surface area contributed by atoms with Gasteiger partial charge in [-0.3, -0.25) is 14.1 Å². The van der Waals surface area contributed by atoms with Crippen LogP contribution in [0.4, 0.5) is 0 Å². The molecule has 0 bridgehead atoms. The lowest BCUT2D eigenvalue weighted by molar-refractivity contribution is -0.161. The van der Waals surface area contributed by atoms with Crippen molar-refractivity contribution in [3.8, 4) is 0 Å². The summed E-state index contributed by atoms with van der Waals surface area (Å²) in [6.07, 6.45) is 34.2. The number of esters is 2. The van der Waals surface area contributed by atoms with Crippen LogP contribution in [0.25, 0.3) is 0 Å². The van der Waals surface area contributed by atoms with Gasteiger partial charge in [0.25, 0.3) is 0 Å². The second-order valence-corrected chi connectivity index (χ2v) is 12.0. The molecule has 0 radical (unpaired) electrons. The van der Waals surface area contributed by atoms with Gasteiger partial charge in [0.2, 0.25) is 0 Å². The summed E-state index contributed by atoms with van der Waals surface area (Å²) in [5.74, 6) is -0.983. The largest absolute Gasteiger partial charge is 0.469 e. The number of hydrogen-bond acceptors (Lipinski definition) is 6. The number of phosphoric ester groups is 1. The standard InChI is InChI=1S/C34H59O8P/c1-3-5-7-9-11-13-15-17-19-21-23-25-27-29-34(36)42-32(31-41-43(37,38)39)30-40-33(35)28-26-24-22-20-18-16-14-12-10-8-6-4-2/h5,7,11,13,17,19,23,25,32H,3-4,6,8-10,12,14-16,18,20-22,24,26-31H2,1-2H3,(H2,37,38,39)/b7-5-,13-11-,19-17-,25-23-. The van der Waals surface area contributed by atoms with Gasteiger partial charge in [-0.05, 0) is 38.5 Å². The third-order valence-electron chi connectivity index (χ3n) is 6.63.